The molecule has 3 N–H and O–H groups in total. The van der Waals surface area contributed by atoms with E-state index in [0.717, 1.165) is 16.7 Å². The molecule has 0 aromatic heterocycles. The zero-order valence-electron chi connectivity index (χ0n) is 18.5. The number of halogens is 1. The van der Waals surface area contributed by atoms with E-state index in [4.69, 9.17) is 27.0 Å². The normalized spacial score (nSPS) is 17.3. The Labute approximate surface area is 202 Å². The van der Waals surface area contributed by atoms with Gasteiger partial charge in [0.05, 0.1) is 13.2 Å². The zero-order valence-corrected chi connectivity index (χ0v) is 19.3. The predicted octanol–water partition coefficient (Wildman–Crippen LogP) is 4.83. The van der Waals surface area contributed by atoms with Crippen LogP contribution < -0.4 is 5.48 Å². The van der Waals surface area contributed by atoms with E-state index < -0.39 is 12.0 Å². The van der Waals surface area contributed by atoms with Crippen molar-refractivity contribution in [3.05, 3.63) is 94.5 Å². The molecule has 174 valence electrons. The lowest BCUT2D eigenvalue weighted by Crippen LogP contribution is -2.42. The molecule has 3 aromatic rings. The topological polar surface area (TPSA) is 103 Å². The molecule has 34 heavy (non-hydrogen) atoms. The Bertz CT molecular complexity index is 1230. The second-order valence-corrected chi connectivity index (χ2v) is 8.42. The lowest BCUT2D eigenvalue weighted by Gasteiger charge is -2.30. The average Bonchev–Trinajstić information content (AvgIpc) is 3.32. The van der Waals surface area contributed by atoms with E-state index in [2.05, 4.69) is 0 Å². The van der Waals surface area contributed by atoms with Gasteiger partial charge in [-0.25, -0.2) is 4.79 Å². The van der Waals surface area contributed by atoms with Crippen LogP contribution in [0.3, 0.4) is 0 Å². The molecule has 0 unspecified atom stereocenters. The zero-order chi connectivity index (χ0) is 24.2. The number of amidine groups is 1. The van der Waals surface area contributed by atoms with Crippen LogP contribution in [-0.4, -0.2) is 41.0 Å². The molecule has 0 radical (unpaired) electrons. The monoisotopic (exact) mass is 477 g/mol. The van der Waals surface area contributed by atoms with E-state index >= 15 is 0 Å². The largest absolute Gasteiger partial charge is 0.467 e. The van der Waals surface area contributed by atoms with Crippen molar-refractivity contribution in [1.29, 1.82) is 5.41 Å². The molecule has 0 aliphatic carbocycles. The van der Waals surface area contributed by atoms with Crippen molar-refractivity contribution in [2.45, 2.75) is 24.9 Å². The average molecular weight is 478 g/mol. The van der Waals surface area contributed by atoms with Gasteiger partial charge >= 0.3 is 5.97 Å². The van der Waals surface area contributed by atoms with Crippen LogP contribution in [0.5, 0.6) is 0 Å². The highest BCUT2D eigenvalue weighted by atomic mass is 35.5. The summed E-state index contributed by atoms with van der Waals surface area (Å²) in [7, 11) is 1.32. The molecule has 4 rings (SSSR count). The number of carbonyl (C=O) groups excluding carboxylic acids is 2. The third-order valence-electron chi connectivity index (χ3n) is 6.09. The number of ether oxygens (including phenoxy) is 1. The van der Waals surface area contributed by atoms with Crippen LogP contribution in [0.25, 0.3) is 11.1 Å². The Morgan fingerprint density at radius 3 is 2.41 bits per heavy atom. The van der Waals surface area contributed by atoms with Crippen LogP contribution in [0.1, 0.15) is 40.4 Å². The van der Waals surface area contributed by atoms with Gasteiger partial charge in [-0.05, 0) is 53.8 Å². The Hall–Kier alpha value is -3.68. The molecule has 1 aliphatic heterocycles. The predicted molar refractivity (Wildman–Crippen MR) is 129 cm³/mol. The summed E-state index contributed by atoms with van der Waals surface area (Å²) in [5, 5.41) is 17.3. The number of nitrogens with zero attached hydrogens (tertiary/aromatic N) is 1. The first kappa shape index (κ1) is 23.5. The highest BCUT2D eigenvalue weighted by Crippen LogP contribution is 2.40. The summed E-state index contributed by atoms with van der Waals surface area (Å²) in [6.07, 6.45) is 1.09. The first-order valence-electron chi connectivity index (χ1n) is 10.8. The molecule has 1 amide bonds. The molecule has 1 saturated heterocycles. The van der Waals surface area contributed by atoms with Crippen molar-refractivity contribution >= 4 is 29.3 Å². The third kappa shape index (κ3) is 4.53. The van der Waals surface area contributed by atoms with E-state index in [9.17, 15) is 9.59 Å². The van der Waals surface area contributed by atoms with Gasteiger partial charge in [-0.1, -0.05) is 60.1 Å². The van der Waals surface area contributed by atoms with Crippen molar-refractivity contribution in [2.75, 3.05) is 7.11 Å². The number of hydroxylamine groups is 1. The lowest BCUT2D eigenvalue weighted by molar-refractivity contribution is -0.145. The van der Waals surface area contributed by atoms with Crippen molar-refractivity contribution in [3.63, 3.8) is 0 Å². The summed E-state index contributed by atoms with van der Waals surface area (Å²) in [5.41, 5.74) is 5.29. The van der Waals surface area contributed by atoms with Gasteiger partial charge in [-0.3, -0.25) is 20.9 Å². The van der Waals surface area contributed by atoms with Gasteiger partial charge in [0.15, 0.2) is 0 Å². The summed E-state index contributed by atoms with van der Waals surface area (Å²) >= 11 is 6.43. The number of likely N-dealkylation sites (tertiary alicyclic amines) is 1. The minimum atomic E-state index is -0.688. The van der Waals surface area contributed by atoms with Gasteiger partial charge in [0.2, 0.25) is 0 Å². The smallest absolute Gasteiger partial charge is 0.328 e. The molecule has 2 atom stereocenters. The third-order valence-corrected chi connectivity index (χ3v) is 6.43. The fourth-order valence-electron chi connectivity index (χ4n) is 4.39. The maximum atomic E-state index is 13.6. The van der Waals surface area contributed by atoms with E-state index in [1.807, 2.05) is 41.9 Å². The van der Waals surface area contributed by atoms with Gasteiger partial charge in [0.25, 0.3) is 5.91 Å². The molecule has 7 nitrogen and oxygen atoms in total. The SMILES string of the molecule is COC(=O)[C@@H]1CC[C@H](c2ccccc2Cl)N1C(=O)c1ccc(-c2cccc(C(=N)NO)c2)cc1. The number of hydrogen-bond donors (Lipinski definition) is 3. The minimum absolute atomic E-state index is 0.109. The summed E-state index contributed by atoms with van der Waals surface area (Å²) in [6, 6.07) is 20.5. The number of benzene rings is 3. The molecular weight excluding hydrogens is 454 g/mol. The van der Waals surface area contributed by atoms with Crippen LogP contribution in [0, 0.1) is 5.41 Å². The van der Waals surface area contributed by atoms with E-state index in [0.29, 0.717) is 29.0 Å². The van der Waals surface area contributed by atoms with Crippen molar-refractivity contribution in [2.24, 2.45) is 0 Å². The maximum Gasteiger partial charge on any atom is 0.328 e. The number of nitrogens with one attached hydrogen (secondary N) is 2. The van der Waals surface area contributed by atoms with E-state index in [1.54, 1.807) is 41.3 Å². The number of amides is 1. The molecule has 8 heteroatoms. The number of methoxy groups -OCH3 is 1. The Kier molecular flexibility index (Phi) is 6.95. The van der Waals surface area contributed by atoms with Crippen LogP contribution in [0.15, 0.2) is 72.8 Å². The number of esters is 1. The molecule has 0 saturated carbocycles. The molecule has 0 bridgehead atoms. The van der Waals surface area contributed by atoms with E-state index in [-0.39, 0.29) is 17.8 Å². The fraction of sp³-hybridized carbons (Fsp3) is 0.192. The maximum absolute atomic E-state index is 13.6. The van der Waals surface area contributed by atoms with Gasteiger partial charge in [0, 0.05) is 16.1 Å². The van der Waals surface area contributed by atoms with Crippen molar-refractivity contribution < 1.29 is 19.5 Å². The highest BCUT2D eigenvalue weighted by molar-refractivity contribution is 6.31. The molecular formula is C26H24ClN3O4. The summed E-state index contributed by atoms with van der Waals surface area (Å²) in [4.78, 5) is 27.7. The molecule has 0 spiro atoms. The molecule has 1 heterocycles. The first-order chi connectivity index (χ1) is 16.4. The van der Waals surface area contributed by atoms with Crippen LogP contribution in [0.4, 0.5) is 0 Å². The highest BCUT2D eigenvalue weighted by Gasteiger charge is 2.43. The summed E-state index contributed by atoms with van der Waals surface area (Å²) < 4.78 is 4.98. The number of rotatable bonds is 5. The van der Waals surface area contributed by atoms with Crippen molar-refractivity contribution in [3.8, 4) is 11.1 Å². The molecule has 1 fully saturated rings. The van der Waals surface area contributed by atoms with Gasteiger partial charge in [0.1, 0.15) is 11.9 Å². The van der Waals surface area contributed by atoms with Crippen LogP contribution in [-0.2, 0) is 9.53 Å². The second-order valence-electron chi connectivity index (χ2n) is 8.01. The molecule has 1 aliphatic rings. The van der Waals surface area contributed by atoms with Crippen LogP contribution >= 0.6 is 11.6 Å². The second kappa shape index (κ2) is 10.1. The van der Waals surface area contributed by atoms with Gasteiger partial charge in [-0.2, -0.15) is 0 Å². The minimum Gasteiger partial charge on any atom is -0.467 e. The van der Waals surface area contributed by atoms with Crippen molar-refractivity contribution in [1.82, 2.24) is 10.4 Å². The van der Waals surface area contributed by atoms with Gasteiger partial charge in [-0.15, -0.1) is 0 Å². The number of hydrogen-bond acceptors (Lipinski definition) is 5. The first-order valence-corrected chi connectivity index (χ1v) is 11.2. The summed E-state index contributed by atoms with van der Waals surface area (Å²) in [6.45, 7) is 0. The quantitative estimate of drug-likeness (QED) is 0.211. The standard InChI is InChI=1S/C26H24ClN3O4/c1-34-26(32)23-14-13-22(20-7-2-3-8-21(20)27)30(23)25(31)17-11-9-16(10-12-17)18-5-4-6-19(15-18)24(28)29-33/h2-12,15,22-23,33H,13-14H2,1H3,(H2,28,29)/t22-,23+/m1/s1. The van der Waals surface area contributed by atoms with E-state index in [1.165, 1.54) is 7.11 Å². The van der Waals surface area contributed by atoms with Crippen LogP contribution in [0.2, 0.25) is 5.02 Å². The Morgan fingerprint density at radius 2 is 1.74 bits per heavy atom. The molecule has 3 aromatic carbocycles. The Balaban J connectivity index is 1.65. The Morgan fingerprint density at radius 1 is 1.00 bits per heavy atom. The van der Waals surface area contributed by atoms with Gasteiger partial charge < -0.3 is 9.64 Å². The lowest BCUT2D eigenvalue weighted by atomic mass is 10.0. The fourth-order valence-corrected chi connectivity index (χ4v) is 4.65. The summed E-state index contributed by atoms with van der Waals surface area (Å²) in [5.74, 6) is -0.831. The number of carbonyl (C=O) groups is 2.